The van der Waals surface area contributed by atoms with Crippen LogP contribution in [0.2, 0.25) is 0 Å². The molecule has 80 valence electrons. The lowest BCUT2D eigenvalue weighted by Crippen LogP contribution is -2.29. The standard InChI is InChI=1S/C10H17NO2S/c1-2-9(7-8-11)14(12,13)10-5-3-4-6-10/h9-10H,2-7H2,1H3. The van der Waals surface area contributed by atoms with E-state index in [4.69, 9.17) is 5.26 Å². The van der Waals surface area contributed by atoms with Crippen molar-refractivity contribution in [3.8, 4) is 6.07 Å². The van der Waals surface area contributed by atoms with Crippen molar-refractivity contribution in [2.24, 2.45) is 0 Å². The first-order chi connectivity index (χ1) is 6.62. The van der Waals surface area contributed by atoms with E-state index >= 15 is 0 Å². The Hall–Kier alpha value is -0.560. The van der Waals surface area contributed by atoms with E-state index in [0.29, 0.717) is 6.42 Å². The number of hydrogen-bond donors (Lipinski definition) is 0. The minimum Gasteiger partial charge on any atom is -0.228 e. The topological polar surface area (TPSA) is 57.9 Å². The lowest BCUT2D eigenvalue weighted by atomic mass is 10.3. The number of nitrogens with zero attached hydrogens (tertiary/aromatic N) is 1. The fourth-order valence-corrected chi connectivity index (χ4v) is 4.39. The zero-order valence-corrected chi connectivity index (χ0v) is 9.39. The molecular weight excluding hydrogens is 198 g/mol. The maximum Gasteiger partial charge on any atom is 0.157 e. The molecule has 0 saturated heterocycles. The van der Waals surface area contributed by atoms with Crippen molar-refractivity contribution in [1.29, 1.82) is 5.26 Å². The first-order valence-corrected chi connectivity index (χ1v) is 6.83. The summed E-state index contributed by atoms with van der Waals surface area (Å²) in [4.78, 5) is 0. The van der Waals surface area contributed by atoms with Crippen LogP contribution in [0.5, 0.6) is 0 Å². The molecule has 0 radical (unpaired) electrons. The summed E-state index contributed by atoms with van der Waals surface area (Å²) in [6, 6.07) is 1.97. The van der Waals surface area contributed by atoms with E-state index in [2.05, 4.69) is 0 Å². The summed E-state index contributed by atoms with van der Waals surface area (Å²) >= 11 is 0. The van der Waals surface area contributed by atoms with Crippen LogP contribution in [0.3, 0.4) is 0 Å². The second kappa shape index (κ2) is 4.79. The van der Waals surface area contributed by atoms with Crippen molar-refractivity contribution >= 4 is 9.84 Å². The zero-order chi connectivity index (χ0) is 10.6. The Bertz CT molecular complexity index is 310. The van der Waals surface area contributed by atoms with Gasteiger partial charge in [-0.1, -0.05) is 19.8 Å². The van der Waals surface area contributed by atoms with E-state index in [0.717, 1.165) is 25.7 Å². The molecule has 4 heteroatoms. The SMILES string of the molecule is CCC(CC#N)S(=O)(=O)C1CCCC1. The third-order valence-electron chi connectivity index (χ3n) is 3.01. The van der Waals surface area contributed by atoms with Crippen LogP contribution in [-0.4, -0.2) is 18.9 Å². The molecule has 1 saturated carbocycles. The Labute approximate surface area is 86.0 Å². The maximum atomic E-state index is 12.0. The molecule has 14 heavy (non-hydrogen) atoms. The van der Waals surface area contributed by atoms with Crippen LogP contribution in [-0.2, 0) is 9.84 Å². The first-order valence-electron chi connectivity index (χ1n) is 5.22. The Morgan fingerprint density at radius 1 is 1.43 bits per heavy atom. The van der Waals surface area contributed by atoms with Crippen LogP contribution < -0.4 is 0 Å². The van der Waals surface area contributed by atoms with Crippen molar-refractivity contribution in [2.75, 3.05) is 0 Å². The number of sulfone groups is 1. The van der Waals surface area contributed by atoms with Crippen LogP contribution in [0, 0.1) is 11.3 Å². The molecule has 1 atom stereocenters. The van der Waals surface area contributed by atoms with E-state index < -0.39 is 15.1 Å². The quantitative estimate of drug-likeness (QED) is 0.721. The Balaban J connectivity index is 2.76. The van der Waals surface area contributed by atoms with Gasteiger partial charge in [-0.05, 0) is 19.3 Å². The number of rotatable bonds is 4. The molecule has 0 bridgehead atoms. The molecule has 0 aromatic carbocycles. The molecule has 0 aliphatic heterocycles. The van der Waals surface area contributed by atoms with E-state index in [9.17, 15) is 8.42 Å². The second-order valence-corrected chi connectivity index (χ2v) is 6.40. The highest BCUT2D eigenvalue weighted by Crippen LogP contribution is 2.29. The van der Waals surface area contributed by atoms with Gasteiger partial charge in [-0.25, -0.2) is 8.42 Å². The van der Waals surface area contributed by atoms with Gasteiger partial charge in [-0.15, -0.1) is 0 Å². The van der Waals surface area contributed by atoms with Crippen molar-refractivity contribution in [3.63, 3.8) is 0 Å². The van der Waals surface area contributed by atoms with E-state index in [1.54, 1.807) is 0 Å². The molecule has 0 aromatic heterocycles. The highest BCUT2D eigenvalue weighted by molar-refractivity contribution is 7.92. The largest absolute Gasteiger partial charge is 0.228 e. The highest BCUT2D eigenvalue weighted by atomic mass is 32.2. The molecule has 1 fully saturated rings. The Kier molecular flexibility index (Phi) is 3.94. The predicted octanol–water partition coefficient (Wildman–Crippen LogP) is 2.04. The summed E-state index contributed by atoms with van der Waals surface area (Å²) in [6.45, 7) is 1.84. The molecule has 0 spiro atoms. The minimum atomic E-state index is -3.04. The van der Waals surface area contributed by atoms with Crippen molar-refractivity contribution in [3.05, 3.63) is 0 Å². The van der Waals surface area contributed by atoms with Crippen molar-refractivity contribution < 1.29 is 8.42 Å². The van der Waals surface area contributed by atoms with Gasteiger partial charge in [0.25, 0.3) is 0 Å². The van der Waals surface area contributed by atoms with Crippen LogP contribution in [0.15, 0.2) is 0 Å². The molecule has 1 unspecified atom stereocenters. The molecular formula is C10H17NO2S. The minimum absolute atomic E-state index is 0.148. The maximum absolute atomic E-state index is 12.0. The smallest absolute Gasteiger partial charge is 0.157 e. The van der Waals surface area contributed by atoms with Crippen molar-refractivity contribution in [1.82, 2.24) is 0 Å². The monoisotopic (exact) mass is 215 g/mol. The van der Waals surface area contributed by atoms with Crippen LogP contribution in [0.4, 0.5) is 0 Å². The molecule has 0 heterocycles. The van der Waals surface area contributed by atoms with Gasteiger partial charge < -0.3 is 0 Å². The molecule has 3 nitrogen and oxygen atoms in total. The molecule has 1 rings (SSSR count). The Morgan fingerprint density at radius 2 is 2.00 bits per heavy atom. The first kappa shape index (κ1) is 11.5. The fraction of sp³-hybridized carbons (Fsp3) is 0.900. The highest BCUT2D eigenvalue weighted by Gasteiger charge is 2.34. The lowest BCUT2D eigenvalue weighted by molar-refractivity contribution is 0.559. The third-order valence-corrected chi connectivity index (χ3v) is 5.84. The molecule has 1 aliphatic rings. The van der Waals surface area contributed by atoms with Gasteiger partial charge in [0.2, 0.25) is 0 Å². The van der Waals surface area contributed by atoms with E-state index in [1.807, 2.05) is 13.0 Å². The van der Waals surface area contributed by atoms with Gasteiger partial charge in [0.15, 0.2) is 9.84 Å². The lowest BCUT2D eigenvalue weighted by Gasteiger charge is -2.17. The molecule has 0 N–H and O–H groups in total. The zero-order valence-electron chi connectivity index (χ0n) is 8.57. The number of nitriles is 1. The molecule has 0 aromatic rings. The van der Waals surface area contributed by atoms with Gasteiger partial charge >= 0.3 is 0 Å². The van der Waals surface area contributed by atoms with E-state index in [1.165, 1.54) is 0 Å². The average molecular weight is 215 g/mol. The van der Waals surface area contributed by atoms with Crippen molar-refractivity contribution in [2.45, 2.75) is 55.9 Å². The Morgan fingerprint density at radius 3 is 2.43 bits per heavy atom. The van der Waals surface area contributed by atoms with Crippen LogP contribution >= 0.6 is 0 Å². The van der Waals surface area contributed by atoms with Gasteiger partial charge in [-0.2, -0.15) is 5.26 Å². The van der Waals surface area contributed by atoms with E-state index in [-0.39, 0.29) is 11.7 Å². The fourth-order valence-electron chi connectivity index (χ4n) is 2.08. The van der Waals surface area contributed by atoms with Gasteiger partial charge in [0, 0.05) is 0 Å². The third kappa shape index (κ3) is 2.27. The number of hydrogen-bond acceptors (Lipinski definition) is 3. The predicted molar refractivity (Wildman–Crippen MR) is 55.5 cm³/mol. The normalized spacial score (nSPS) is 20.6. The van der Waals surface area contributed by atoms with Gasteiger partial charge in [0.1, 0.15) is 0 Å². The molecule has 1 aliphatic carbocycles. The van der Waals surface area contributed by atoms with Gasteiger partial charge in [-0.3, -0.25) is 0 Å². The second-order valence-electron chi connectivity index (χ2n) is 3.89. The summed E-state index contributed by atoms with van der Waals surface area (Å²) in [5, 5.41) is 7.96. The van der Waals surface area contributed by atoms with Crippen LogP contribution in [0.25, 0.3) is 0 Å². The summed E-state index contributed by atoms with van der Waals surface area (Å²) < 4.78 is 24.0. The molecule has 0 amide bonds. The summed E-state index contributed by atoms with van der Waals surface area (Å²) in [5.74, 6) is 0. The summed E-state index contributed by atoms with van der Waals surface area (Å²) in [5.41, 5.74) is 0. The summed E-state index contributed by atoms with van der Waals surface area (Å²) in [6.07, 6.45) is 4.34. The van der Waals surface area contributed by atoms with Crippen LogP contribution in [0.1, 0.15) is 45.4 Å². The average Bonchev–Trinajstić information content (AvgIpc) is 2.66. The summed E-state index contributed by atoms with van der Waals surface area (Å²) in [7, 11) is -3.04. The van der Waals surface area contributed by atoms with Gasteiger partial charge in [0.05, 0.1) is 23.0 Å².